The molecule has 0 saturated heterocycles. The first-order valence-electron chi connectivity index (χ1n) is 5.72. The fourth-order valence-electron chi connectivity index (χ4n) is 1.71. The molecule has 4 heteroatoms. The van der Waals surface area contributed by atoms with Gasteiger partial charge in [0.05, 0.1) is 6.33 Å². The minimum Gasteiger partial charge on any atom is -0.348 e. The summed E-state index contributed by atoms with van der Waals surface area (Å²) < 4.78 is 1.12. The van der Waals surface area contributed by atoms with Gasteiger partial charge >= 0.3 is 0 Å². The van der Waals surface area contributed by atoms with Gasteiger partial charge in [0.25, 0.3) is 0 Å². The van der Waals surface area contributed by atoms with Gasteiger partial charge in [0, 0.05) is 35.4 Å². The first-order valence-corrected chi connectivity index (χ1v) is 6.51. The van der Waals surface area contributed by atoms with E-state index in [0.717, 1.165) is 17.4 Å². The van der Waals surface area contributed by atoms with Gasteiger partial charge in [-0.2, -0.15) is 0 Å². The lowest BCUT2D eigenvalue weighted by Gasteiger charge is -2.13. The van der Waals surface area contributed by atoms with Gasteiger partial charge < -0.3 is 10.3 Å². The number of rotatable bonds is 5. The van der Waals surface area contributed by atoms with E-state index in [1.165, 1.54) is 11.3 Å². The van der Waals surface area contributed by atoms with E-state index in [2.05, 4.69) is 62.4 Å². The molecule has 2 N–H and O–H groups in total. The zero-order valence-electron chi connectivity index (χ0n) is 9.78. The molecule has 0 bridgehead atoms. The molecule has 1 atom stereocenters. The molecular formula is C13H16BrN3. The topological polar surface area (TPSA) is 40.7 Å². The predicted molar refractivity (Wildman–Crippen MR) is 72.9 cm³/mol. The third-order valence-corrected chi connectivity index (χ3v) is 3.30. The molecule has 0 aliphatic rings. The smallest absolute Gasteiger partial charge is 0.0921 e. The third-order valence-electron chi connectivity index (χ3n) is 2.77. The molecule has 1 heterocycles. The number of nitrogens with zero attached hydrogens (tertiary/aromatic N) is 1. The van der Waals surface area contributed by atoms with Crippen molar-refractivity contribution in [3.05, 3.63) is 52.5 Å². The lowest BCUT2D eigenvalue weighted by atomic mass is 10.1. The average molecular weight is 294 g/mol. The number of aromatic nitrogens is 2. The van der Waals surface area contributed by atoms with E-state index in [-0.39, 0.29) is 0 Å². The lowest BCUT2D eigenvalue weighted by Crippen LogP contribution is -2.21. The van der Waals surface area contributed by atoms with Gasteiger partial charge in [0.15, 0.2) is 0 Å². The standard InChI is InChI=1S/C13H16BrN3/c1-10(11-2-4-12(14)5-3-11)16-7-6-13-8-15-9-17-13/h2-5,8-10,16H,6-7H2,1H3,(H,15,17). The third kappa shape index (κ3) is 3.68. The molecule has 3 nitrogen and oxygen atoms in total. The van der Waals surface area contributed by atoms with Crippen molar-refractivity contribution < 1.29 is 0 Å². The summed E-state index contributed by atoms with van der Waals surface area (Å²) in [6.07, 6.45) is 4.56. The van der Waals surface area contributed by atoms with Gasteiger partial charge in [-0.3, -0.25) is 0 Å². The molecule has 0 amide bonds. The number of H-pyrrole nitrogens is 1. The second-order valence-electron chi connectivity index (χ2n) is 4.05. The molecule has 90 valence electrons. The van der Waals surface area contributed by atoms with Crippen molar-refractivity contribution in [2.75, 3.05) is 6.54 Å². The number of hydrogen-bond donors (Lipinski definition) is 2. The van der Waals surface area contributed by atoms with E-state index in [0.29, 0.717) is 6.04 Å². The van der Waals surface area contributed by atoms with Crippen molar-refractivity contribution in [2.24, 2.45) is 0 Å². The van der Waals surface area contributed by atoms with Crippen LogP contribution in [0.2, 0.25) is 0 Å². The maximum Gasteiger partial charge on any atom is 0.0921 e. The molecule has 0 radical (unpaired) electrons. The van der Waals surface area contributed by atoms with E-state index in [9.17, 15) is 0 Å². The molecule has 0 saturated carbocycles. The van der Waals surface area contributed by atoms with Crippen molar-refractivity contribution >= 4 is 15.9 Å². The Balaban J connectivity index is 1.81. The Bertz CT molecular complexity index is 436. The SMILES string of the molecule is CC(NCCc1cnc[nH]1)c1ccc(Br)cc1. The maximum atomic E-state index is 4.00. The molecule has 2 rings (SSSR count). The molecule has 17 heavy (non-hydrogen) atoms. The quantitative estimate of drug-likeness (QED) is 0.889. The summed E-state index contributed by atoms with van der Waals surface area (Å²) in [6.45, 7) is 3.12. The fraction of sp³-hybridized carbons (Fsp3) is 0.308. The van der Waals surface area contributed by atoms with Crippen LogP contribution >= 0.6 is 15.9 Å². The Kier molecular flexibility index (Phi) is 4.34. The Hall–Kier alpha value is -1.13. The van der Waals surface area contributed by atoms with Gasteiger partial charge in [-0.05, 0) is 24.6 Å². The van der Waals surface area contributed by atoms with Crippen LogP contribution in [0.25, 0.3) is 0 Å². The predicted octanol–water partition coefficient (Wildman–Crippen LogP) is 3.07. The van der Waals surface area contributed by atoms with Crippen LogP contribution in [0.5, 0.6) is 0 Å². The van der Waals surface area contributed by atoms with Crippen LogP contribution in [0.1, 0.15) is 24.2 Å². The molecular weight excluding hydrogens is 278 g/mol. The van der Waals surface area contributed by atoms with Crippen molar-refractivity contribution in [3.63, 3.8) is 0 Å². The Morgan fingerprint density at radius 3 is 2.76 bits per heavy atom. The Morgan fingerprint density at radius 1 is 1.35 bits per heavy atom. The van der Waals surface area contributed by atoms with E-state index in [4.69, 9.17) is 0 Å². The van der Waals surface area contributed by atoms with Gasteiger partial charge in [-0.15, -0.1) is 0 Å². The zero-order chi connectivity index (χ0) is 12.1. The van der Waals surface area contributed by atoms with Crippen LogP contribution in [0.4, 0.5) is 0 Å². The fourth-order valence-corrected chi connectivity index (χ4v) is 1.98. The second kappa shape index (κ2) is 5.98. The van der Waals surface area contributed by atoms with Crippen LogP contribution in [0.15, 0.2) is 41.3 Å². The summed E-state index contributed by atoms with van der Waals surface area (Å²) >= 11 is 3.44. The summed E-state index contributed by atoms with van der Waals surface area (Å²) in [5.41, 5.74) is 2.47. The molecule has 2 aromatic rings. The number of benzene rings is 1. The number of aromatic amines is 1. The summed E-state index contributed by atoms with van der Waals surface area (Å²) in [6, 6.07) is 8.78. The van der Waals surface area contributed by atoms with Crippen LogP contribution in [0.3, 0.4) is 0 Å². The molecule has 0 fully saturated rings. The number of hydrogen-bond acceptors (Lipinski definition) is 2. The molecule has 1 aromatic heterocycles. The van der Waals surface area contributed by atoms with Crippen molar-refractivity contribution in [1.29, 1.82) is 0 Å². The minimum atomic E-state index is 0.367. The largest absolute Gasteiger partial charge is 0.348 e. The second-order valence-corrected chi connectivity index (χ2v) is 4.97. The van der Waals surface area contributed by atoms with Gasteiger partial charge in [-0.1, -0.05) is 28.1 Å². The Morgan fingerprint density at radius 2 is 2.12 bits per heavy atom. The highest BCUT2D eigenvalue weighted by atomic mass is 79.9. The highest BCUT2D eigenvalue weighted by Crippen LogP contribution is 2.16. The van der Waals surface area contributed by atoms with Gasteiger partial charge in [-0.25, -0.2) is 4.98 Å². The highest BCUT2D eigenvalue weighted by Gasteiger charge is 2.04. The summed E-state index contributed by atoms with van der Waals surface area (Å²) in [4.78, 5) is 7.10. The number of nitrogens with one attached hydrogen (secondary N) is 2. The van der Waals surface area contributed by atoms with E-state index < -0.39 is 0 Å². The van der Waals surface area contributed by atoms with Crippen molar-refractivity contribution in [3.8, 4) is 0 Å². The first-order chi connectivity index (χ1) is 8.25. The average Bonchev–Trinajstić information content (AvgIpc) is 2.83. The molecule has 0 aliphatic heterocycles. The highest BCUT2D eigenvalue weighted by molar-refractivity contribution is 9.10. The zero-order valence-corrected chi connectivity index (χ0v) is 11.4. The minimum absolute atomic E-state index is 0.367. The van der Waals surface area contributed by atoms with Crippen LogP contribution in [-0.2, 0) is 6.42 Å². The van der Waals surface area contributed by atoms with E-state index >= 15 is 0 Å². The Labute approximate surface area is 110 Å². The summed E-state index contributed by atoms with van der Waals surface area (Å²) in [5.74, 6) is 0. The molecule has 1 aromatic carbocycles. The maximum absolute atomic E-state index is 4.00. The summed E-state index contributed by atoms with van der Waals surface area (Å²) in [7, 11) is 0. The lowest BCUT2D eigenvalue weighted by molar-refractivity contribution is 0.574. The molecule has 1 unspecified atom stereocenters. The van der Waals surface area contributed by atoms with E-state index in [1.54, 1.807) is 6.33 Å². The van der Waals surface area contributed by atoms with Crippen LogP contribution in [0, 0.1) is 0 Å². The van der Waals surface area contributed by atoms with Gasteiger partial charge in [0.2, 0.25) is 0 Å². The van der Waals surface area contributed by atoms with Crippen LogP contribution in [-0.4, -0.2) is 16.5 Å². The monoisotopic (exact) mass is 293 g/mol. The summed E-state index contributed by atoms with van der Waals surface area (Å²) in [5, 5.41) is 3.49. The van der Waals surface area contributed by atoms with E-state index in [1.807, 2.05) is 6.20 Å². The number of imidazole rings is 1. The van der Waals surface area contributed by atoms with Crippen molar-refractivity contribution in [2.45, 2.75) is 19.4 Å². The van der Waals surface area contributed by atoms with Gasteiger partial charge in [0.1, 0.15) is 0 Å². The number of halogens is 1. The molecule has 0 spiro atoms. The van der Waals surface area contributed by atoms with Crippen LogP contribution < -0.4 is 5.32 Å². The molecule has 0 aliphatic carbocycles. The van der Waals surface area contributed by atoms with Crippen molar-refractivity contribution in [1.82, 2.24) is 15.3 Å². The first kappa shape index (κ1) is 12.3. The normalized spacial score (nSPS) is 12.6.